The van der Waals surface area contributed by atoms with Crippen LogP contribution >= 0.6 is 11.3 Å². The van der Waals surface area contributed by atoms with Crippen LogP contribution in [0.4, 0.5) is 5.13 Å². The minimum Gasteiger partial charge on any atom is -0.422 e. The van der Waals surface area contributed by atoms with Gasteiger partial charge in [-0.2, -0.15) is 0 Å². The third-order valence-corrected chi connectivity index (χ3v) is 6.46. The van der Waals surface area contributed by atoms with Gasteiger partial charge in [-0.1, -0.05) is 38.0 Å². The summed E-state index contributed by atoms with van der Waals surface area (Å²) in [5.41, 5.74) is 0.830. The molecule has 1 aliphatic carbocycles. The Morgan fingerprint density at radius 3 is 2.77 bits per heavy atom. The number of nitrogens with zero attached hydrogens (tertiary/aromatic N) is 1. The minimum absolute atomic E-state index is 0.0833. The van der Waals surface area contributed by atoms with Gasteiger partial charge < -0.3 is 15.1 Å². The largest absolute Gasteiger partial charge is 0.422 e. The van der Waals surface area contributed by atoms with E-state index in [0.717, 1.165) is 24.6 Å². The molecule has 4 rings (SSSR count). The van der Waals surface area contributed by atoms with Gasteiger partial charge in [0.2, 0.25) is 11.8 Å². The molecular weight excluding hydrogens is 414 g/mol. The van der Waals surface area contributed by atoms with E-state index in [1.807, 2.05) is 12.1 Å². The molecule has 7 nitrogen and oxygen atoms in total. The number of carbonyl (C=O) groups is 2. The van der Waals surface area contributed by atoms with Crippen LogP contribution in [0.2, 0.25) is 0 Å². The first kappa shape index (κ1) is 21.2. The number of anilines is 1. The van der Waals surface area contributed by atoms with Crippen LogP contribution in [-0.4, -0.2) is 22.8 Å². The summed E-state index contributed by atoms with van der Waals surface area (Å²) in [7, 11) is 0. The van der Waals surface area contributed by atoms with Crippen LogP contribution in [0.15, 0.2) is 44.9 Å². The Morgan fingerprint density at radius 1 is 1.16 bits per heavy atom. The van der Waals surface area contributed by atoms with E-state index < -0.39 is 5.63 Å². The lowest BCUT2D eigenvalue weighted by Crippen LogP contribution is -2.41. The van der Waals surface area contributed by atoms with Gasteiger partial charge in [-0.05, 0) is 30.9 Å². The normalized spacial score (nSPS) is 18.6. The number of amides is 2. The van der Waals surface area contributed by atoms with Crippen LogP contribution in [0.25, 0.3) is 22.2 Å². The van der Waals surface area contributed by atoms with Crippen LogP contribution in [-0.2, 0) is 9.59 Å². The second-order valence-corrected chi connectivity index (χ2v) is 8.87. The van der Waals surface area contributed by atoms with Gasteiger partial charge in [0.05, 0.1) is 11.3 Å². The SMILES string of the molecule is C[C@H]1CCCC[C@H]1NC(=O)CCC(=O)Nc1nc(-c2cc3ccccc3oc2=O)cs1. The van der Waals surface area contributed by atoms with Crippen molar-refractivity contribution < 1.29 is 14.0 Å². The van der Waals surface area contributed by atoms with Gasteiger partial charge in [0.15, 0.2) is 5.13 Å². The Labute approximate surface area is 183 Å². The first-order valence-corrected chi connectivity index (χ1v) is 11.5. The summed E-state index contributed by atoms with van der Waals surface area (Å²) in [6, 6.07) is 9.20. The molecule has 2 N–H and O–H groups in total. The number of fused-ring (bicyclic) bond motifs is 1. The maximum absolute atomic E-state index is 12.3. The average Bonchev–Trinajstić information content (AvgIpc) is 3.21. The lowest BCUT2D eigenvalue weighted by Gasteiger charge is -2.29. The number of nitrogens with one attached hydrogen (secondary N) is 2. The first-order valence-electron chi connectivity index (χ1n) is 10.6. The van der Waals surface area contributed by atoms with E-state index in [2.05, 4.69) is 22.5 Å². The van der Waals surface area contributed by atoms with Gasteiger partial charge in [-0.15, -0.1) is 11.3 Å². The third kappa shape index (κ3) is 5.19. The monoisotopic (exact) mass is 439 g/mol. The molecule has 0 bridgehead atoms. The number of carbonyl (C=O) groups excluding carboxylic acids is 2. The van der Waals surface area contributed by atoms with Crippen molar-refractivity contribution in [3.05, 3.63) is 46.1 Å². The summed E-state index contributed by atoms with van der Waals surface area (Å²) in [4.78, 5) is 41.1. The highest BCUT2D eigenvalue weighted by molar-refractivity contribution is 7.14. The summed E-state index contributed by atoms with van der Waals surface area (Å²) in [6.07, 6.45) is 4.71. The van der Waals surface area contributed by atoms with Gasteiger partial charge >= 0.3 is 5.63 Å². The van der Waals surface area contributed by atoms with Crippen molar-refractivity contribution in [3.8, 4) is 11.3 Å². The molecule has 0 aliphatic heterocycles. The summed E-state index contributed by atoms with van der Waals surface area (Å²) in [5.74, 6) is 0.105. The quantitative estimate of drug-likeness (QED) is 0.557. The van der Waals surface area contributed by atoms with E-state index >= 15 is 0 Å². The number of hydrogen-bond acceptors (Lipinski definition) is 6. The molecule has 1 aliphatic rings. The molecule has 2 aromatic heterocycles. The average molecular weight is 440 g/mol. The second kappa shape index (κ2) is 9.43. The number of thiazole rings is 1. The molecule has 162 valence electrons. The van der Waals surface area contributed by atoms with Crippen molar-refractivity contribution in [1.82, 2.24) is 10.3 Å². The third-order valence-electron chi connectivity index (χ3n) is 5.70. The van der Waals surface area contributed by atoms with Crippen molar-refractivity contribution in [2.75, 3.05) is 5.32 Å². The number of aromatic nitrogens is 1. The van der Waals surface area contributed by atoms with Crippen LogP contribution in [0.3, 0.4) is 0 Å². The standard InChI is InChI=1S/C23H25N3O4S/c1-14-6-2-4-8-17(14)24-20(27)10-11-21(28)26-23-25-18(13-31-23)16-12-15-7-3-5-9-19(15)30-22(16)29/h3,5,7,9,12-14,17H,2,4,6,8,10-11H2,1H3,(H,24,27)(H,25,26,28)/t14-,17+/m0/s1. The molecule has 2 atom stereocenters. The number of rotatable bonds is 6. The Hall–Kier alpha value is -3.00. The second-order valence-electron chi connectivity index (χ2n) is 8.01. The van der Waals surface area contributed by atoms with Crippen LogP contribution < -0.4 is 16.3 Å². The van der Waals surface area contributed by atoms with E-state index in [0.29, 0.717) is 27.9 Å². The maximum Gasteiger partial charge on any atom is 0.345 e. The van der Waals surface area contributed by atoms with Gasteiger partial charge in [0.1, 0.15) is 5.58 Å². The van der Waals surface area contributed by atoms with Gasteiger partial charge in [0.25, 0.3) is 0 Å². The van der Waals surface area contributed by atoms with Crippen molar-refractivity contribution in [2.24, 2.45) is 5.92 Å². The Bertz CT molecular complexity index is 1150. The van der Waals surface area contributed by atoms with Crippen molar-refractivity contribution in [2.45, 2.75) is 51.5 Å². The number of para-hydroxylation sites is 1. The summed E-state index contributed by atoms with van der Waals surface area (Å²) >= 11 is 1.23. The van der Waals surface area contributed by atoms with Crippen LogP contribution in [0, 0.1) is 5.92 Å². The molecule has 8 heteroatoms. The van der Waals surface area contributed by atoms with Gasteiger partial charge in [0, 0.05) is 29.6 Å². The molecule has 0 spiro atoms. The highest BCUT2D eigenvalue weighted by Crippen LogP contribution is 2.26. The summed E-state index contributed by atoms with van der Waals surface area (Å²) < 4.78 is 5.35. The molecule has 0 radical (unpaired) electrons. The summed E-state index contributed by atoms with van der Waals surface area (Å²) in [6.45, 7) is 2.16. The molecule has 2 amide bonds. The molecule has 0 saturated heterocycles. The molecular formula is C23H25N3O4S. The molecule has 1 fully saturated rings. The Kier molecular flexibility index (Phi) is 6.46. The zero-order valence-electron chi connectivity index (χ0n) is 17.3. The number of hydrogen-bond donors (Lipinski definition) is 2. The highest BCUT2D eigenvalue weighted by Gasteiger charge is 2.23. The number of benzene rings is 1. The van der Waals surface area contributed by atoms with Crippen molar-refractivity contribution >= 4 is 39.3 Å². The minimum atomic E-state index is -0.476. The fraction of sp³-hybridized carbons (Fsp3) is 0.391. The highest BCUT2D eigenvalue weighted by atomic mass is 32.1. The van der Waals surface area contributed by atoms with E-state index in [-0.39, 0.29) is 30.7 Å². The molecule has 31 heavy (non-hydrogen) atoms. The maximum atomic E-state index is 12.3. The zero-order valence-corrected chi connectivity index (χ0v) is 18.2. The van der Waals surface area contributed by atoms with E-state index in [1.54, 1.807) is 23.6 Å². The lowest BCUT2D eigenvalue weighted by atomic mass is 9.86. The first-order chi connectivity index (χ1) is 15.0. The lowest BCUT2D eigenvalue weighted by molar-refractivity contribution is -0.125. The molecule has 0 unspecified atom stereocenters. The predicted octanol–water partition coefficient (Wildman–Crippen LogP) is 4.33. The fourth-order valence-electron chi connectivity index (χ4n) is 3.91. The zero-order chi connectivity index (χ0) is 21.8. The fourth-order valence-corrected chi connectivity index (χ4v) is 4.64. The molecule has 2 heterocycles. The Balaban J connectivity index is 1.33. The van der Waals surface area contributed by atoms with E-state index in [1.165, 1.54) is 17.8 Å². The van der Waals surface area contributed by atoms with Crippen molar-refractivity contribution in [3.63, 3.8) is 0 Å². The van der Waals surface area contributed by atoms with Crippen molar-refractivity contribution in [1.29, 1.82) is 0 Å². The molecule has 1 saturated carbocycles. The van der Waals surface area contributed by atoms with Crippen LogP contribution in [0.1, 0.15) is 45.4 Å². The van der Waals surface area contributed by atoms with Crippen LogP contribution in [0.5, 0.6) is 0 Å². The smallest absolute Gasteiger partial charge is 0.345 e. The molecule has 3 aromatic rings. The van der Waals surface area contributed by atoms with E-state index in [9.17, 15) is 14.4 Å². The molecule has 1 aromatic carbocycles. The van der Waals surface area contributed by atoms with Gasteiger partial charge in [-0.3, -0.25) is 9.59 Å². The van der Waals surface area contributed by atoms with Gasteiger partial charge in [-0.25, -0.2) is 9.78 Å². The summed E-state index contributed by atoms with van der Waals surface area (Å²) in [5, 5.41) is 8.65. The topological polar surface area (TPSA) is 101 Å². The predicted molar refractivity (Wildman–Crippen MR) is 121 cm³/mol. The Morgan fingerprint density at radius 2 is 1.94 bits per heavy atom. The van der Waals surface area contributed by atoms with E-state index in [4.69, 9.17) is 4.42 Å².